The van der Waals surface area contributed by atoms with Crippen LogP contribution < -0.4 is 16.8 Å². The van der Waals surface area contributed by atoms with Gasteiger partial charge in [0.2, 0.25) is 17.7 Å². The van der Waals surface area contributed by atoms with E-state index in [0.717, 1.165) is 12.1 Å². The smallest absolute Gasteiger partial charge is 0.245 e. The van der Waals surface area contributed by atoms with Gasteiger partial charge in [0.25, 0.3) is 0 Å². The lowest BCUT2D eigenvalue weighted by Gasteiger charge is -2.28. The van der Waals surface area contributed by atoms with Crippen molar-refractivity contribution in [1.29, 1.82) is 0 Å². The zero-order valence-electron chi connectivity index (χ0n) is 17.9. The van der Waals surface area contributed by atoms with Crippen molar-refractivity contribution < 1.29 is 14.4 Å². The highest BCUT2D eigenvalue weighted by Gasteiger charge is 2.29. The fourth-order valence-electron chi connectivity index (χ4n) is 2.58. The van der Waals surface area contributed by atoms with Crippen molar-refractivity contribution in [2.24, 2.45) is 17.4 Å². The van der Waals surface area contributed by atoms with Gasteiger partial charge in [-0.2, -0.15) is 0 Å². The molecule has 1 heterocycles. The number of aromatic amines is 1. The number of hydrogen-bond donors (Lipinski definition) is 4. The van der Waals surface area contributed by atoms with Gasteiger partial charge in [-0.1, -0.05) is 27.2 Å². The highest BCUT2D eigenvalue weighted by Crippen LogP contribution is 2.08. The monoisotopic (exact) mass is 396 g/mol. The number of likely N-dealkylation sites (N-methyl/N-ethyl adjacent to an activating group) is 1. The molecule has 0 spiro atoms. The summed E-state index contributed by atoms with van der Waals surface area (Å²) in [6.45, 7) is 9.38. The van der Waals surface area contributed by atoms with Crippen molar-refractivity contribution in [3.63, 3.8) is 0 Å². The van der Waals surface area contributed by atoms with Crippen molar-refractivity contribution >= 4 is 17.7 Å². The van der Waals surface area contributed by atoms with Crippen LogP contribution in [0.25, 0.3) is 0 Å². The number of nitrogens with two attached hydrogens (primary N) is 2. The first-order chi connectivity index (χ1) is 13.0. The predicted molar refractivity (Wildman–Crippen MR) is 109 cm³/mol. The molecule has 1 aromatic rings. The average Bonchev–Trinajstić information content (AvgIpc) is 3.08. The summed E-state index contributed by atoms with van der Waals surface area (Å²) in [6.07, 6.45) is 5.20. The standard InChI is InChI=1S/C15H30N4O3.C4H6N2/c1-6-7-12(13(17)20)19(5)15(22)10(4)18-14(21)11(16)8-9(2)3;1-4-2-5-3-6-4/h9-12H,6-8,16H2,1-5H3,(H2,17,20)(H,18,21);2-3H,1H3,(H,5,6)/t10?,11-,12?;/m0./s1. The molecule has 0 aliphatic rings. The zero-order chi connectivity index (χ0) is 21.9. The molecule has 9 nitrogen and oxygen atoms in total. The minimum atomic E-state index is -0.755. The molecular formula is C19H36N6O3. The number of hydrogen-bond acceptors (Lipinski definition) is 5. The number of H-pyrrole nitrogens is 1. The van der Waals surface area contributed by atoms with E-state index in [-0.39, 0.29) is 11.8 Å². The Bertz CT molecular complexity index is 603. The van der Waals surface area contributed by atoms with Gasteiger partial charge in [-0.15, -0.1) is 0 Å². The minimum Gasteiger partial charge on any atom is -0.368 e. The van der Waals surface area contributed by atoms with Crippen LogP contribution in [0.3, 0.4) is 0 Å². The molecule has 0 aliphatic heterocycles. The summed E-state index contributed by atoms with van der Waals surface area (Å²) in [7, 11) is 1.52. The molecule has 160 valence electrons. The second kappa shape index (κ2) is 12.9. The minimum absolute atomic E-state index is 0.290. The fraction of sp³-hybridized carbons (Fsp3) is 0.684. The van der Waals surface area contributed by atoms with Crippen molar-refractivity contribution in [3.8, 4) is 0 Å². The molecule has 6 N–H and O–H groups in total. The summed E-state index contributed by atoms with van der Waals surface area (Å²) >= 11 is 0. The number of carbonyl (C=O) groups is 3. The third-order valence-electron chi connectivity index (χ3n) is 4.13. The number of carbonyl (C=O) groups excluding carboxylic acids is 3. The van der Waals surface area contributed by atoms with Crippen molar-refractivity contribution in [2.45, 2.75) is 72.0 Å². The molecule has 9 heteroatoms. The molecule has 0 saturated heterocycles. The van der Waals surface area contributed by atoms with Crippen LogP contribution in [0, 0.1) is 12.8 Å². The van der Waals surface area contributed by atoms with Crippen molar-refractivity contribution in [3.05, 3.63) is 18.2 Å². The van der Waals surface area contributed by atoms with E-state index < -0.39 is 24.0 Å². The van der Waals surface area contributed by atoms with Crippen LogP contribution >= 0.6 is 0 Å². The van der Waals surface area contributed by atoms with Gasteiger partial charge < -0.3 is 26.7 Å². The molecular weight excluding hydrogens is 360 g/mol. The van der Waals surface area contributed by atoms with Gasteiger partial charge in [0.1, 0.15) is 12.1 Å². The predicted octanol–water partition coefficient (Wildman–Crippen LogP) is 0.695. The maximum Gasteiger partial charge on any atom is 0.245 e. The number of aryl methyl sites for hydroxylation is 1. The van der Waals surface area contributed by atoms with Crippen molar-refractivity contribution in [2.75, 3.05) is 7.05 Å². The first kappa shape index (κ1) is 25.6. The van der Waals surface area contributed by atoms with Gasteiger partial charge in [-0.25, -0.2) is 4.98 Å². The maximum atomic E-state index is 12.3. The summed E-state index contributed by atoms with van der Waals surface area (Å²) in [5.41, 5.74) is 12.2. The van der Waals surface area contributed by atoms with E-state index in [1.165, 1.54) is 11.9 Å². The topological polar surface area (TPSA) is 147 Å². The first-order valence-corrected chi connectivity index (χ1v) is 9.58. The number of nitrogens with one attached hydrogen (secondary N) is 2. The highest BCUT2D eigenvalue weighted by molar-refractivity contribution is 5.92. The van der Waals surface area contributed by atoms with Crippen LogP contribution in [-0.4, -0.2) is 57.8 Å². The third-order valence-corrected chi connectivity index (χ3v) is 4.13. The molecule has 3 atom stereocenters. The molecule has 2 unspecified atom stereocenters. The van der Waals surface area contributed by atoms with E-state index in [1.54, 1.807) is 19.4 Å². The molecule has 0 radical (unpaired) electrons. The molecule has 1 aromatic heterocycles. The Balaban J connectivity index is 0.00000102. The van der Waals surface area contributed by atoms with Crippen LogP contribution in [0.2, 0.25) is 0 Å². The van der Waals surface area contributed by atoms with Crippen LogP contribution in [-0.2, 0) is 14.4 Å². The van der Waals surface area contributed by atoms with E-state index in [2.05, 4.69) is 15.3 Å². The van der Waals surface area contributed by atoms with Gasteiger partial charge in [0.05, 0.1) is 12.4 Å². The molecule has 1 rings (SSSR count). The largest absolute Gasteiger partial charge is 0.368 e. The molecule has 0 aliphatic carbocycles. The third kappa shape index (κ3) is 9.50. The summed E-state index contributed by atoms with van der Waals surface area (Å²) in [5, 5.41) is 2.59. The van der Waals surface area contributed by atoms with Crippen LogP contribution in [0.15, 0.2) is 12.5 Å². The zero-order valence-corrected chi connectivity index (χ0v) is 17.9. The normalized spacial score (nSPS) is 13.7. The van der Waals surface area contributed by atoms with E-state index in [1.807, 2.05) is 27.7 Å². The quantitative estimate of drug-likeness (QED) is 0.485. The Morgan fingerprint density at radius 1 is 1.29 bits per heavy atom. The summed E-state index contributed by atoms with van der Waals surface area (Å²) in [4.78, 5) is 43.6. The number of rotatable bonds is 9. The summed E-state index contributed by atoms with van der Waals surface area (Å²) in [6, 6.07) is -2.07. The Morgan fingerprint density at radius 3 is 2.25 bits per heavy atom. The SMILES string of the molecule is CCCC(C(N)=O)N(C)C(=O)C(C)NC(=O)[C@@H](N)CC(C)C.Cc1cnc[nH]1. The Hall–Kier alpha value is -2.42. The van der Waals surface area contributed by atoms with Crippen LogP contribution in [0.4, 0.5) is 0 Å². The van der Waals surface area contributed by atoms with Gasteiger partial charge in [-0.05, 0) is 32.6 Å². The highest BCUT2D eigenvalue weighted by atomic mass is 16.2. The number of primary amides is 1. The van der Waals surface area contributed by atoms with Crippen LogP contribution in [0.5, 0.6) is 0 Å². The number of amides is 3. The molecule has 0 saturated carbocycles. The van der Waals surface area contributed by atoms with E-state index in [4.69, 9.17) is 11.5 Å². The summed E-state index contributed by atoms with van der Waals surface area (Å²) < 4.78 is 0. The summed E-state index contributed by atoms with van der Waals surface area (Å²) in [5.74, 6) is -0.984. The number of nitrogens with zero attached hydrogens (tertiary/aromatic N) is 2. The fourth-order valence-corrected chi connectivity index (χ4v) is 2.58. The van der Waals surface area contributed by atoms with E-state index in [0.29, 0.717) is 18.8 Å². The Kier molecular flexibility index (Phi) is 11.8. The van der Waals surface area contributed by atoms with E-state index >= 15 is 0 Å². The molecule has 3 amide bonds. The van der Waals surface area contributed by atoms with Gasteiger partial charge in [0, 0.05) is 18.9 Å². The van der Waals surface area contributed by atoms with Gasteiger partial charge in [-0.3, -0.25) is 14.4 Å². The molecule has 28 heavy (non-hydrogen) atoms. The van der Waals surface area contributed by atoms with Gasteiger partial charge >= 0.3 is 0 Å². The molecule has 0 bridgehead atoms. The first-order valence-electron chi connectivity index (χ1n) is 9.58. The maximum absolute atomic E-state index is 12.3. The molecule has 0 aromatic carbocycles. The second-order valence-electron chi connectivity index (χ2n) is 7.36. The molecule has 0 fully saturated rings. The second-order valence-corrected chi connectivity index (χ2v) is 7.36. The van der Waals surface area contributed by atoms with Crippen molar-refractivity contribution in [1.82, 2.24) is 20.2 Å². The van der Waals surface area contributed by atoms with Crippen LogP contribution in [0.1, 0.15) is 52.7 Å². The van der Waals surface area contributed by atoms with Gasteiger partial charge in [0.15, 0.2) is 0 Å². The Labute approximate surface area is 167 Å². The lowest BCUT2D eigenvalue weighted by molar-refractivity contribution is -0.140. The lowest BCUT2D eigenvalue weighted by Crippen LogP contribution is -2.54. The lowest BCUT2D eigenvalue weighted by atomic mass is 10.0. The average molecular weight is 397 g/mol. The van der Waals surface area contributed by atoms with E-state index in [9.17, 15) is 14.4 Å². The number of aromatic nitrogens is 2. The number of imidazole rings is 1. The Morgan fingerprint density at radius 2 is 1.89 bits per heavy atom.